The van der Waals surface area contributed by atoms with E-state index >= 15 is 0 Å². The number of aromatic amines is 1. The summed E-state index contributed by atoms with van der Waals surface area (Å²) in [6.45, 7) is 1.94. The lowest BCUT2D eigenvalue weighted by atomic mass is 9.89. The Balaban J connectivity index is 1.42. The molecule has 3 aromatic heterocycles. The van der Waals surface area contributed by atoms with Crippen LogP contribution in [0.5, 0.6) is 0 Å². The Labute approximate surface area is 197 Å². The summed E-state index contributed by atoms with van der Waals surface area (Å²) in [5.41, 5.74) is 4.64. The number of amides is 1. The van der Waals surface area contributed by atoms with Crippen LogP contribution in [0.25, 0.3) is 21.3 Å². The monoisotopic (exact) mass is 482 g/mol. The van der Waals surface area contributed by atoms with Crippen LogP contribution in [0.1, 0.15) is 37.3 Å². The van der Waals surface area contributed by atoms with Crippen LogP contribution in [0.3, 0.4) is 0 Å². The number of thiazole rings is 1. The smallest absolute Gasteiger partial charge is 0.260 e. The third-order valence-electron chi connectivity index (χ3n) is 5.66. The first-order valence-corrected chi connectivity index (χ1v) is 13.3. The molecular weight excluding hydrogens is 460 g/mol. The van der Waals surface area contributed by atoms with Crippen molar-refractivity contribution in [2.24, 2.45) is 0 Å². The number of thiophene rings is 1. The van der Waals surface area contributed by atoms with Gasteiger partial charge in [-0.1, -0.05) is 36.9 Å². The molecule has 164 valence electrons. The lowest BCUT2D eigenvalue weighted by molar-refractivity contribution is -0.115. The first-order chi connectivity index (χ1) is 15.6. The van der Waals surface area contributed by atoms with Crippen LogP contribution in [0.4, 0.5) is 5.13 Å². The SMILES string of the molecule is CCC(Sc1nc2scc(-c3ccc4c(c3)CCCC4)c2c(=O)[nH]1)C(=O)Nc1nccs1. The van der Waals surface area contributed by atoms with Crippen molar-refractivity contribution < 1.29 is 4.79 Å². The molecule has 3 heterocycles. The molecule has 6 nitrogen and oxygen atoms in total. The number of benzene rings is 1. The molecule has 1 amide bonds. The Morgan fingerprint density at radius 2 is 2.09 bits per heavy atom. The van der Waals surface area contributed by atoms with Crippen LogP contribution in [0, 0.1) is 0 Å². The van der Waals surface area contributed by atoms with Gasteiger partial charge in [0.25, 0.3) is 5.56 Å². The molecule has 2 N–H and O–H groups in total. The van der Waals surface area contributed by atoms with Crippen LogP contribution in [0.2, 0.25) is 0 Å². The topological polar surface area (TPSA) is 87.7 Å². The summed E-state index contributed by atoms with van der Waals surface area (Å²) in [6, 6.07) is 6.55. The number of fused-ring (bicyclic) bond motifs is 2. The molecule has 32 heavy (non-hydrogen) atoms. The van der Waals surface area contributed by atoms with Gasteiger partial charge in [-0.15, -0.1) is 22.7 Å². The molecule has 0 fully saturated rings. The van der Waals surface area contributed by atoms with E-state index in [1.807, 2.05) is 17.7 Å². The normalized spacial score (nSPS) is 14.3. The van der Waals surface area contributed by atoms with Gasteiger partial charge in [-0.3, -0.25) is 9.59 Å². The van der Waals surface area contributed by atoms with Gasteiger partial charge in [0.2, 0.25) is 5.91 Å². The van der Waals surface area contributed by atoms with E-state index in [4.69, 9.17) is 0 Å². The number of aryl methyl sites for hydroxylation is 2. The van der Waals surface area contributed by atoms with Gasteiger partial charge in [0.1, 0.15) is 4.83 Å². The summed E-state index contributed by atoms with van der Waals surface area (Å²) >= 11 is 4.12. The van der Waals surface area contributed by atoms with Crippen LogP contribution >= 0.6 is 34.4 Å². The zero-order valence-corrected chi connectivity index (χ0v) is 20.0. The van der Waals surface area contributed by atoms with Gasteiger partial charge in [-0.05, 0) is 48.8 Å². The molecule has 5 rings (SSSR count). The molecule has 1 aromatic carbocycles. The number of nitrogens with zero attached hydrogens (tertiary/aromatic N) is 2. The second-order valence-corrected chi connectivity index (χ2v) is 10.7. The molecule has 0 saturated heterocycles. The average Bonchev–Trinajstić information content (AvgIpc) is 3.47. The fraction of sp³-hybridized carbons (Fsp3) is 0.304. The minimum Gasteiger partial charge on any atom is -0.301 e. The second-order valence-electron chi connectivity index (χ2n) is 7.73. The fourth-order valence-electron chi connectivity index (χ4n) is 4.03. The highest BCUT2D eigenvalue weighted by atomic mass is 32.2. The maximum absolute atomic E-state index is 13.0. The van der Waals surface area contributed by atoms with E-state index < -0.39 is 0 Å². The average molecular weight is 483 g/mol. The summed E-state index contributed by atoms with van der Waals surface area (Å²) in [4.78, 5) is 38.0. The largest absolute Gasteiger partial charge is 0.301 e. The molecule has 1 aliphatic carbocycles. The number of thioether (sulfide) groups is 1. The molecule has 0 radical (unpaired) electrons. The van der Waals surface area contributed by atoms with E-state index in [1.165, 1.54) is 58.4 Å². The number of hydrogen-bond acceptors (Lipinski definition) is 7. The minimum atomic E-state index is -0.375. The van der Waals surface area contributed by atoms with Crippen molar-refractivity contribution in [2.45, 2.75) is 49.4 Å². The van der Waals surface area contributed by atoms with Crippen LogP contribution in [-0.4, -0.2) is 26.1 Å². The Hall–Kier alpha value is -2.49. The highest BCUT2D eigenvalue weighted by Gasteiger charge is 2.22. The molecule has 1 atom stereocenters. The summed E-state index contributed by atoms with van der Waals surface area (Å²) in [7, 11) is 0. The number of carbonyl (C=O) groups excluding carboxylic acids is 1. The Morgan fingerprint density at radius 3 is 2.88 bits per heavy atom. The number of rotatable bonds is 6. The van der Waals surface area contributed by atoms with Gasteiger partial charge in [0, 0.05) is 22.5 Å². The van der Waals surface area contributed by atoms with Crippen LogP contribution < -0.4 is 10.9 Å². The third kappa shape index (κ3) is 4.24. The summed E-state index contributed by atoms with van der Waals surface area (Å²) < 4.78 is 0. The van der Waals surface area contributed by atoms with Gasteiger partial charge in [-0.2, -0.15) is 0 Å². The number of nitrogens with one attached hydrogen (secondary N) is 2. The van der Waals surface area contributed by atoms with Crippen molar-refractivity contribution in [3.05, 3.63) is 56.6 Å². The summed E-state index contributed by atoms with van der Waals surface area (Å²) in [5.74, 6) is -0.142. The van der Waals surface area contributed by atoms with E-state index in [0.29, 0.717) is 26.9 Å². The van der Waals surface area contributed by atoms with Crippen LogP contribution in [0.15, 0.2) is 45.1 Å². The Morgan fingerprint density at radius 1 is 1.25 bits per heavy atom. The quantitative estimate of drug-likeness (QED) is 0.280. The highest BCUT2D eigenvalue weighted by molar-refractivity contribution is 8.00. The third-order valence-corrected chi connectivity index (χ3v) is 8.47. The maximum atomic E-state index is 13.0. The molecule has 0 bridgehead atoms. The molecule has 9 heteroatoms. The molecular formula is C23H22N4O2S3. The predicted octanol–water partition coefficient (Wildman–Crippen LogP) is 5.50. The summed E-state index contributed by atoms with van der Waals surface area (Å²) in [5, 5.41) is 7.93. The van der Waals surface area contributed by atoms with E-state index in [2.05, 4.69) is 38.5 Å². The highest BCUT2D eigenvalue weighted by Crippen LogP contribution is 2.34. The first kappa shape index (κ1) is 21.4. The van der Waals surface area contributed by atoms with E-state index in [9.17, 15) is 9.59 Å². The van der Waals surface area contributed by atoms with E-state index in [-0.39, 0.29) is 16.7 Å². The molecule has 1 aliphatic rings. The lowest BCUT2D eigenvalue weighted by Crippen LogP contribution is -2.25. The number of H-pyrrole nitrogens is 1. The number of carbonyl (C=O) groups is 1. The number of aromatic nitrogens is 3. The molecule has 0 saturated carbocycles. The minimum absolute atomic E-state index is 0.142. The maximum Gasteiger partial charge on any atom is 0.260 e. The van der Waals surface area contributed by atoms with Crippen molar-refractivity contribution in [1.82, 2.24) is 15.0 Å². The molecule has 4 aromatic rings. The van der Waals surface area contributed by atoms with Gasteiger partial charge in [0.05, 0.1) is 10.6 Å². The fourth-order valence-corrected chi connectivity index (χ4v) is 6.46. The molecule has 0 aliphatic heterocycles. The van der Waals surface area contributed by atoms with Crippen molar-refractivity contribution >= 4 is 55.7 Å². The zero-order valence-electron chi connectivity index (χ0n) is 17.5. The van der Waals surface area contributed by atoms with Gasteiger partial charge in [-0.25, -0.2) is 9.97 Å². The van der Waals surface area contributed by atoms with Gasteiger partial charge >= 0.3 is 0 Å². The van der Waals surface area contributed by atoms with Gasteiger partial charge in [0.15, 0.2) is 10.3 Å². The number of hydrogen-bond donors (Lipinski definition) is 2. The zero-order chi connectivity index (χ0) is 22.1. The standard InChI is InChI=1S/C23H22N4O2S3/c1-2-17(19(28)25-22-24-9-10-30-22)32-23-26-20(29)18-16(12-31-21(18)27-23)15-8-7-13-5-3-4-6-14(13)11-15/h7-12,17H,2-6H2,1H3,(H,24,25,28)(H,26,27,29). The second kappa shape index (κ2) is 9.17. The molecule has 0 spiro atoms. The van der Waals surface area contributed by atoms with E-state index in [0.717, 1.165) is 24.0 Å². The van der Waals surface area contributed by atoms with Crippen LogP contribution in [-0.2, 0) is 17.6 Å². The van der Waals surface area contributed by atoms with Crippen molar-refractivity contribution in [3.8, 4) is 11.1 Å². The van der Waals surface area contributed by atoms with E-state index in [1.54, 1.807) is 6.20 Å². The lowest BCUT2D eigenvalue weighted by Gasteiger charge is -2.16. The molecule has 1 unspecified atom stereocenters. The Kier molecular flexibility index (Phi) is 6.12. The first-order valence-electron chi connectivity index (χ1n) is 10.6. The van der Waals surface area contributed by atoms with Crippen molar-refractivity contribution in [2.75, 3.05) is 5.32 Å². The predicted molar refractivity (Wildman–Crippen MR) is 133 cm³/mol. The summed E-state index contributed by atoms with van der Waals surface area (Å²) in [6.07, 6.45) is 6.96. The van der Waals surface area contributed by atoms with Crippen molar-refractivity contribution in [1.29, 1.82) is 0 Å². The van der Waals surface area contributed by atoms with Crippen molar-refractivity contribution in [3.63, 3.8) is 0 Å². The van der Waals surface area contributed by atoms with Gasteiger partial charge < -0.3 is 10.3 Å². The Bertz CT molecular complexity index is 1330. The number of anilines is 1.